The molecule has 9 heteroatoms. The van der Waals surface area contributed by atoms with Crippen LogP contribution in [0.2, 0.25) is 16.6 Å². The molecule has 0 unspecified atom stereocenters. The normalized spacial score (nSPS) is 14.6. The van der Waals surface area contributed by atoms with E-state index in [-0.39, 0.29) is 18.4 Å². The molecule has 45 heavy (non-hydrogen) atoms. The number of hydrogen-bond acceptors (Lipinski definition) is 8. The minimum Gasteiger partial charge on any atom is -0.493 e. The number of esters is 1. The van der Waals surface area contributed by atoms with Gasteiger partial charge in [0.15, 0.2) is 23.0 Å². The molecule has 0 amide bonds. The second-order valence-corrected chi connectivity index (χ2v) is 18.0. The Morgan fingerprint density at radius 2 is 1.20 bits per heavy atom. The molecule has 0 radical (unpaired) electrons. The maximum Gasteiger partial charge on any atom is 0.303 e. The summed E-state index contributed by atoms with van der Waals surface area (Å²) in [6.45, 7) is 18.8. The summed E-state index contributed by atoms with van der Waals surface area (Å²) in [6.07, 6.45) is 1.79. The maximum absolute atomic E-state index is 12.5. The number of aliphatic hydroxyl groups excluding tert-OH is 1. The minimum atomic E-state index is -2.43. The van der Waals surface area contributed by atoms with Gasteiger partial charge in [-0.3, -0.25) is 4.79 Å². The van der Waals surface area contributed by atoms with Crippen LogP contribution in [0.25, 0.3) is 0 Å². The smallest absolute Gasteiger partial charge is 0.303 e. The van der Waals surface area contributed by atoms with E-state index in [4.69, 9.17) is 28.1 Å². The summed E-state index contributed by atoms with van der Waals surface area (Å²) in [5.41, 5.74) is 2.64. The van der Waals surface area contributed by atoms with Gasteiger partial charge in [-0.25, -0.2) is 0 Å². The molecule has 0 aromatic heterocycles. The van der Waals surface area contributed by atoms with Gasteiger partial charge in [-0.15, -0.1) is 6.58 Å². The average Bonchev–Trinajstić information content (AvgIpc) is 3.01. The topological polar surface area (TPSA) is 92.7 Å². The summed E-state index contributed by atoms with van der Waals surface area (Å²) < 4.78 is 35.7. The van der Waals surface area contributed by atoms with Crippen LogP contribution < -0.4 is 18.9 Å². The lowest BCUT2D eigenvalue weighted by molar-refractivity contribution is -0.150. The van der Waals surface area contributed by atoms with Gasteiger partial charge in [0.2, 0.25) is 8.32 Å². The Morgan fingerprint density at radius 1 is 0.756 bits per heavy atom. The van der Waals surface area contributed by atoms with Crippen LogP contribution in [0, 0.1) is 11.8 Å². The predicted octanol–water partition coefficient (Wildman–Crippen LogP) is 8.45. The fourth-order valence-corrected chi connectivity index (χ4v) is 12.6. The van der Waals surface area contributed by atoms with Crippen LogP contribution >= 0.6 is 0 Å². The Labute approximate surface area is 272 Å². The third-order valence-corrected chi connectivity index (χ3v) is 15.0. The molecular weight excluding hydrogens is 588 g/mol. The van der Waals surface area contributed by atoms with E-state index in [2.05, 4.69) is 48.1 Å². The molecule has 8 nitrogen and oxygen atoms in total. The third-order valence-electron chi connectivity index (χ3n) is 8.97. The first kappa shape index (κ1) is 38.2. The van der Waals surface area contributed by atoms with Crippen molar-refractivity contribution in [3.8, 4) is 23.0 Å². The minimum absolute atomic E-state index is 0.135. The Kier molecular flexibility index (Phi) is 14.9. The van der Waals surface area contributed by atoms with Crippen molar-refractivity contribution < 1.29 is 38.0 Å². The van der Waals surface area contributed by atoms with Crippen molar-refractivity contribution in [2.24, 2.45) is 11.8 Å². The summed E-state index contributed by atoms with van der Waals surface area (Å²) in [5.74, 6) is 1.37. The summed E-state index contributed by atoms with van der Waals surface area (Å²) in [4.78, 5) is 12.5. The number of allylic oxidation sites excluding steroid dienone is 1. The zero-order valence-electron chi connectivity index (χ0n) is 29.2. The Morgan fingerprint density at radius 3 is 1.56 bits per heavy atom. The SMILES string of the molecule is C=CC[C@H](C[C@@H](CO)[C@H](O[Si](C(C)C)(C(C)C)C(C)C)c1ccc(OC)c(OC)c1)[C@H](OC(C)=O)c1ccc(OC)c(OC)c1. The highest BCUT2D eigenvalue weighted by Gasteiger charge is 2.48. The lowest BCUT2D eigenvalue weighted by atomic mass is 9.81. The van der Waals surface area contributed by atoms with Gasteiger partial charge in [-0.05, 0) is 64.9 Å². The Bertz CT molecular complexity index is 1210. The van der Waals surface area contributed by atoms with Crippen molar-refractivity contribution in [1.29, 1.82) is 0 Å². The van der Waals surface area contributed by atoms with Crippen molar-refractivity contribution in [3.63, 3.8) is 0 Å². The molecule has 2 rings (SSSR count). The number of carbonyl (C=O) groups excluding carboxylic acids is 1. The number of rotatable bonds is 19. The van der Waals surface area contributed by atoms with E-state index in [0.29, 0.717) is 52.5 Å². The van der Waals surface area contributed by atoms with Crippen LogP contribution in [0.3, 0.4) is 0 Å². The molecule has 0 heterocycles. The van der Waals surface area contributed by atoms with Gasteiger partial charge in [-0.2, -0.15) is 0 Å². The van der Waals surface area contributed by atoms with Crippen molar-refractivity contribution in [1.82, 2.24) is 0 Å². The standard InChI is InChI=1S/C36H56O8Si/c1-13-14-27(35(43-26(8)38)28-15-17-31(39-9)33(20-28)41-11)19-30(22-37)36(29-16-18-32(40-10)34(21-29)42-12)44-45(23(2)3,24(4)5)25(6)7/h13,15-18,20-21,23-25,27,30,35-37H,1,14,19,22H2,2-12H3/t27-,30+,35+,36-/m1/s1. The van der Waals surface area contributed by atoms with E-state index in [1.54, 1.807) is 28.4 Å². The van der Waals surface area contributed by atoms with Crippen molar-refractivity contribution in [3.05, 3.63) is 60.2 Å². The fourth-order valence-electron chi connectivity index (χ4n) is 6.98. The zero-order valence-corrected chi connectivity index (χ0v) is 30.2. The molecule has 0 aliphatic heterocycles. The molecule has 0 aliphatic carbocycles. The Balaban J connectivity index is 2.75. The van der Waals surface area contributed by atoms with Crippen LogP contribution in [0.4, 0.5) is 0 Å². The molecule has 4 atom stereocenters. The maximum atomic E-state index is 12.5. The second-order valence-electron chi connectivity index (χ2n) is 12.6. The molecule has 0 spiro atoms. The largest absolute Gasteiger partial charge is 0.493 e. The van der Waals surface area contributed by atoms with Crippen molar-refractivity contribution >= 4 is 14.3 Å². The Hall–Kier alpha value is -3.01. The van der Waals surface area contributed by atoms with Gasteiger partial charge in [-0.1, -0.05) is 59.8 Å². The summed E-state index contributed by atoms with van der Waals surface area (Å²) in [5, 5.41) is 11.1. The van der Waals surface area contributed by atoms with Gasteiger partial charge in [0, 0.05) is 25.4 Å². The van der Waals surface area contributed by atoms with Gasteiger partial charge in [0.05, 0.1) is 34.5 Å². The van der Waals surface area contributed by atoms with Crippen LogP contribution in [-0.2, 0) is 14.0 Å². The first-order valence-corrected chi connectivity index (χ1v) is 18.0. The van der Waals surface area contributed by atoms with Crippen LogP contribution in [-0.4, -0.2) is 54.4 Å². The molecule has 0 saturated carbocycles. The van der Waals surface area contributed by atoms with E-state index in [1.807, 2.05) is 42.5 Å². The van der Waals surface area contributed by atoms with Gasteiger partial charge >= 0.3 is 5.97 Å². The van der Waals surface area contributed by atoms with E-state index < -0.39 is 26.5 Å². The van der Waals surface area contributed by atoms with Gasteiger partial charge in [0.1, 0.15) is 6.10 Å². The third kappa shape index (κ3) is 9.05. The number of aliphatic hydroxyl groups is 1. The van der Waals surface area contributed by atoms with Crippen molar-refractivity contribution in [2.45, 2.75) is 90.1 Å². The zero-order chi connectivity index (χ0) is 33.9. The van der Waals surface area contributed by atoms with E-state index >= 15 is 0 Å². The highest BCUT2D eigenvalue weighted by Crippen LogP contribution is 2.49. The molecule has 2 aromatic carbocycles. The molecular formula is C36H56O8Si. The highest BCUT2D eigenvalue weighted by molar-refractivity contribution is 6.77. The van der Waals surface area contributed by atoms with E-state index in [9.17, 15) is 9.90 Å². The van der Waals surface area contributed by atoms with Crippen molar-refractivity contribution in [2.75, 3.05) is 35.0 Å². The van der Waals surface area contributed by atoms with Crippen LogP contribution in [0.1, 0.15) is 84.6 Å². The summed E-state index contributed by atoms with van der Waals surface area (Å²) in [7, 11) is 3.95. The molecule has 1 N–H and O–H groups in total. The summed E-state index contributed by atoms with van der Waals surface area (Å²) >= 11 is 0. The fraction of sp³-hybridized carbons (Fsp3) is 0.583. The number of benzene rings is 2. The van der Waals surface area contributed by atoms with Gasteiger partial charge in [0.25, 0.3) is 0 Å². The molecule has 0 fully saturated rings. The number of methoxy groups -OCH3 is 4. The molecule has 0 saturated heterocycles. The summed E-state index contributed by atoms with van der Waals surface area (Å²) in [6, 6.07) is 11.4. The lowest BCUT2D eigenvalue weighted by Gasteiger charge is -2.46. The molecule has 252 valence electrons. The lowest BCUT2D eigenvalue weighted by Crippen LogP contribution is -2.49. The predicted molar refractivity (Wildman–Crippen MR) is 182 cm³/mol. The van der Waals surface area contributed by atoms with E-state index in [0.717, 1.165) is 11.1 Å². The number of ether oxygens (including phenoxy) is 5. The van der Waals surface area contributed by atoms with Crippen LogP contribution in [0.15, 0.2) is 49.1 Å². The van der Waals surface area contributed by atoms with E-state index in [1.165, 1.54) is 6.92 Å². The van der Waals surface area contributed by atoms with Gasteiger partial charge < -0.3 is 33.2 Å². The molecule has 0 bridgehead atoms. The molecule has 2 aromatic rings. The highest BCUT2D eigenvalue weighted by atomic mass is 28.4. The first-order chi connectivity index (χ1) is 21.3. The second kappa shape index (κ2) is 17.6. The van der Waals surface area contributed by atoms with Crippen LogP contribution in [0.5, 0.6) is 23.0 Å². The molecule has 0 aliphatic rings. The quantitative estimate of drug-likeness (QED) is 0.0925. The average molecular weight is 645 g/mol. The number of carbonyl (C=O) groups is 1. The number of hydrogen-bond donors (Lipinski definition) is 1. The first-order valence-electron chi connectivity index (χ1n) is 15.8. The monoisotopic (exact) mass is 644 g/mol.